The minimum absolute atomic E-state index is 0.228. The Labute approximate surface area is 106 Å². The molecule has 0 fully saturated rings. The third-order valence-corrected chi connectivity index (χ3v) is 5.21. The summed E-state index contributed by atoms with van der Waals surface area (Å²) in [5.41, 5.74) is 1.35. The molecule has 1 rings (SSSR count). The second-order valence-electron chi connectivity index (χ2n) is 4.10. The van der Waals surface area contributed by atoms with Crippen LogP contribution in [0.1, 0.15) is 30.3 Å². The SMILES string of the molecule is CSC(CO)C(C)NC(C)c1sccc1C. The summed E-state index contributed by atoms with van der Waals surface area (Å²) in [7, 11) is 0. The molecule has 0 radical (unpaired) electrons. The molecule has 0 aliphatic heterocycles. The van der Waals surface area contributed by atoms with Gasteiger partial charge >= 0.3 is 0 Å². The zero-order chi connectivity index (χ0) is 12.1. The topological polar surface area (TPSA) is 32.3 Å². The number of hydrogen-bond acceptors (Lipinski definition) is 4. The highest BCUT2D eigenvalue weighted by Crippen LogP contribution is 2.24. The first-order valence-electron chi connectivity index (χ1n) is 5.53. The van der Waals surface area contributed by atoms with E-state index >= 15 is 0 Å². The van der Waals surface area contributed by atoms with Crippen molar-refractivity contribution in [3.05, 3.63) is 21.9 Å². The van der Waals surface area contributed by atoms with Crippen molar-refractivity contribution >= 4 is 23.1 Å². The van der Waals surface area contributed by atoms with Gasteiger partial charge in [-0.15, -0.1) is 11.3 Å². The van der Waals surface area contributed by atoms with Gasteiger partial charge in [-0.1, -0.05) is 0 Å². The maximum absolute atomic E-state index is 9.24. The van der Waals surface area contributed by atoms with E-state index in [9.17, 15) is 5.11 Å². The van der Waals surface area contributed by atoms with Crippen LogP contribution in [0, 0.1) is 6.92 Å². The number of aryl methyl sites for hydroxylation is 1. The van der Waals surface area contributed by atoms with E-state index < -0.39 is 0 Å². The third-order valence-electron chi connectivity index (χ3n) is 2.85. The Morgan fingerprint density at radius 3 is 2.62 bits per heavy atom. The molecule has 2 nitrogen and oxygen atoms in total. The number of hydrogen-bond donors (Lipinski definition) is 2. The van der Waals surface area contributed by atoms with Crippen molar-refractivity contribution in [1.29, 1.82) is 0 Å². The van der Waals surface area contributed by atoms with Crippen LogP contribution in [-0.2, 0) is 0 Å². The van der Waals surface area contributed by atoms with E-state index in [1.54, 1.807) is 23.1 Å². The highest BCUT2D eigenvalue weighted by Gasteiger charge is 2.18. The van der Waals surface area contributed by atoms with Crippen LogP contribution in [0.3, 0.4) is 0 Å². The van der Waals surface area contributed by atoms with E-state index in [0.29, 0.717) is 12.1 Å². The minimum atomic E-state index is 0.228. The highest BCUT2D eigenvalue weighted by atomic mass is 32.2. The van der Waals surface area contributed by atoms with Crippen molar-refractivity contribution < 1.29 is 5.11 Å². The molecule has 0 aliphatic carbocycles. The third kappa shape index (κ3) is 3.48. The molecule has 0 spiro atoms. The fourth-order valence-electron chi connectivity index (χ4n) is 1.84. The van der Waals surface area contributed by atoms with Crippen molar-refractivity contribution in [2.24, 2.45) is 0 Å². The molecule has 0 saturated heterocycles. The lowest BCUT2D eigenvalue weighted by molar-refractivity contribution is 0.272. The summed E-state index contributed by atoms with van der Waals surface area (Å²) in [6.45, 7) is 6.69. The van der Waals surface area contributed by atoms with Gasteiger partial charge in [0, 0.05) is 22.2 Å². The number of aliphatic hydroxyl groups excluding tert-OH is 1. The summed E-state index contributed by atoms with van der Waals surface area (Å²) in [5, 5.41) is 15.2. The van der Waals surface area contributed by atoms with E-state index in [4.69, 9.17) is 0 Å². The van der Waals surface area contributed by atoms with Gasteiger partial charge in [0.1, 0.15) is 0 Å². The molecule has 0 aliphatic rings. The number of rotatable bonds is 6. The maximum Gasteiger partial charge on any atom is 0.0564 e. The molecule has 4 heteroatoms. The molecular weight excluding hydrogens is 238 g/mol. The molecule has 2 N–H and O–H groups in total. The normalized spacial score (nSPS) is 17.1. The molecule has 0 bridgehead atoms. The predicted octanol–water partition coefficient (Wildman–Crippen LogP) is 2.82. The predicted molar refractivity (Wildman–Crippen MR) is 74.5 cm³/mol. The summed E-state index contributed by atoms with van der Waals surface area (Å²) >= 11 is 3.51. The fourth-order valence-corrected chi connectivity index (χ4v) is 3.42. The van der Waals surface area contributed by atoms with Gasteiger partial charge in [-0.25, -0.2) is 0 Å². The standard InChI is InChI=1S/C12H21NOS2/c1-8-5-6-16-12(8)10(3)13-9(2)11(7-14)15-4/h5-6,9-11,13-14H,7H2,1-4H3. The zero-order valence-electron chi connectivity index (χ0n) is 10.4. The van der Waals surface area contributed by atoms with E-state index in [1.807, 2.05) is 6.26 Å². The van der Waals surface area contributed by atoms with Crippen LogP contribution in [0.15, 0.2) is 11.4 Å². The zero-order valence-corrected chi connectivity index (χ0v) is 12.0. The van der Waals surface area contributed by atoms with Crippen LogP contribution in [-0.4, -0.2) is 29.3 Å². The average Bonchev–Trinajstić information content (AvgIpc) is 2.66. The lowest BCUT2D eigenvalue weighted by atomic mass is 10.1. The fraction of sp³-hybridized carbons (Fsp3) is 0.667. The number of thioether (sulfide) groups is 1. The van der Waals surface area contributed by atoms with E-state index in [2.05, 4.69) is 37.5 Å². The number of nitrogens with one attached hydrogen (secondary N) is 1. The maximum atomic E-state index is 9.24. The Morgan fingerprint density at radius 1 is 1.50 bits per heavy atom. The van der Waals surface area contributed by atoms with Crippen molar-refractivity contribution in [3.63, 3.8) is 0 Å². The van der Waals surface area contributed by atoms with Gasteiger partial charge in [-0.3, -0.25) is 0 Å². The monoisotopic (exact) mass is 259 g/mol. The van der Waals surface area contributed by atoms with Gasteiger partial charge in [-0.2, -0.15) is 11.8 Å². The van der Waals surface area contributed by atoms with Gasteiger partial charge < -0.3 is 10.4 Å². The quantitative estimate of drug-likeness (QED) is 0.824. The summed E-state index contributed by atoms with van der Waals surface area (Å²) in [4.78, 5) is 1.39. The minimum Gasteiger partial charge on any atom is -0.395 e. The average molecular weight is 259 g/mol. The van der Waals surface area contributed by atoms with E-state index in [-0.39, 0.29) is 11.9 Å². The largest absolute Gasteiger partial charge is 0.395 e. The van der Waals surface area contributed by atoms with Gasteiger partial charge in [0.05, 0.1) is 6.61 Å². The molecule has 1 heterocycles. The lowest BCUT2D eigenvalue weighted by Crippen LogP contribution is -2.38. The molecule has 1 aromatic rings. The van der Waals surface area contributed by atoms with Crippen LogP contribution < -0.4 is 5.32 Å². The van der Waals surface area contributed by atoms with Gasteiger partial charge in [-0.05, 0) is 44.0 Å². The molecule has 3 unspecified atom stereocenters. The first-order chi connectivity index (χ1) is 7.60. The summed E-state index contributed by atoms with van der Waals surface area (Å²) in [5.74, 6) is 0. The van der Waals surface area contributed by atoms with Gasteiger partial charge in [0.15, 0.2) is 0 Å². The van der Waals surface area contributed by atoms with Crippen molar-refractivity contribution in [3.8, 4) is 0 Å². The highest BCUT2D eigenvalue weighted by molar-refractivity contribution is 7.99. The molecule has 0 amide bonds. The second-order valence-corrected chi connectivity index (χ2v) is 6.13. The Kier molecular flexibility index (Phi) is 5.83. The molecule has 3 atom stereocenters. The Bertz CT molecular complexity index is 310. The molecule has 16 heavy (non-hydrogen) atoms. The Hall–Kier alpha value is -0.0300. The van der Waals surface area contributed by atoms with Crippen LogP contribution in [0.4, 0.5) is 0 Å². The Morgan fingerprint density at radius 2 is 2.19 bits per heavy atom. The summed E-state index contributed by atoms with van der Waals surface area (Å²) in [6.07, 6.45) is 2.04. The molecule has 0 saturated carbocycles. The van der Waals surface area contributed by atoms with Crippen molar-refractivity contribution in [1.82, 2.24) is 5.32 Å². The van der Waals surface area contributed by atoms with Gasteiger partial charge in [0.2, 0.25) is 0 Å². The summed E-state index contributed by atoms with van der Waals surface area (Å²) in [6, 6.07) is 2.83. The lowest BCUT2D eigenvalue weighted by Gasteiger charge is -2.25. The van der Waals surface area contributed by atoms with Crippen molar-refractivity contribution in [2.45, 2.75) is 38.1 Å². The van der Waals surface area contributed by atoms with Crippen molar-refractivity contribution in [2.75, 3.05) is 12.9 Å². The first kappa shape index (κ1) is 14.0. The number of aliphatic hydroxyl groups is 1. The van der Waals surface area contributed by atoms with Crippen LogP contribution >= 0.6 is 23.1 Å². The molecule has 92 valence electrons. The van der Waals surface area contributed by atoms with Crippen LogP contribution in [0.25, 0.3) is 0 Å². The molecule has 1 aromatic heterocycles. The van der Waals surface area contributed by atoms with Gasteiger partial charge in [0.25, 0.3) is 0 Å². The van der Waals surface area contributed by atoms with E-state index in [1.165, 1.54) is 10.4 Å². The summed E-state index contributed by atoms with van der Waals surface area (Å²) < 4.78 is 0. The van der Waals surface area contributed by atoms with E-state index in [0.717, 1.165) is 0 Å². The number of thiophene rings is 1. The second kappa shape index (κ2) is 6.64. The van der Waals surface area contributed by atoms with Crippen LogP contribution in [0.2, 0.25) is 0 Å². The molecular formula is C12H21NOS2. The Balaban J connectivity index is 2.57. The smallest absolute Gasteiger partial charge is 0.0564 e. The first-order valence-corrected chi connectivity index (χ1v) is 7.70. The molecule has 0 aromatic carbocycles. The van der Waals surface area contributed by atoms with Crippen LogP contribution in [0.5, 0.6) is 0 Å².